The Bertz CT molecular complexity index is 905. The van der Waals surface area contributed by atoms with Gasteiger partial charge < -0.3 is 10.2 Å². The van der Waals surface area contributed by atoms with Crippen LogP contribution in [0.15, 0.2) is 42.5 Å². The summed E-state index contributed by atoms with van der Waals surface area (Å²) in [5.41, 5.74) is 3.25. The molecule has 0 heterocycles. The van der Waals surface area contributed by atoms with E-state index in [0.717, 1.165) is 11.3 Å². The van der Waals surface area contributed by atoms with Gasteiger partial charge in [0.25, 0.3) is 0 Å². The van der Waals surface area contributed by atoms with Crippen molar-refractivity contribution in [2.24, 2.45) is 0 Å². The fourth-order valence-corrected chi connectivity index (χ4v) is 4.55. The summed E-state index contributed by atoms with van der Waals surface area (Å²) in [4.78, 5) is 27.7. The molecule has 1 N–H and O–H groups in total. The predicted molar refractivity (Wildman–Crippen MR) is 132 cm³/mol. The molecule has 0 fully saturated rings. The van der Waals surface area contributed by atoms with Crippen LogP contribution in [-0.4, -0.2) is 34.6 Å². The van der Waals surface area contributed by atoms with Crippen molar-refractivity contribution < 1.29 is 9.59 Å². The molecule has 2 rings (SSSR count). The van der Waals surface area contributed by atoms with Gasteiger partial charge in [-0.3, -0.25) is 9.59 Å². The number of hydrogen-bond acceptors (Lipinski definition) is 3. The van der Waals surface area contributed by atoms with E-state index in [1.54, 1.807) is 28.8 Å². The topological polar surface area (TPSA) is 49.4 Å². The summed E-state index contributed by atoms with van der Waals surface area (Å²) in [5, 5.41) is 3.83. The molecule has 0 unspecified atom stereocenters. The van der Waals surface area contributed by atoms with Gasteiger partial charge in [0.05, 0.1) is 15.8 Å². The number of carbonyl (C=O) groups is 2. The molecule has 0 saturated carbocycles. The van der Waals surface area contributed by atoms with E-state index in [0.29, 0.717) is 28.8 Å². The molecular formula is C24H30Cl2N2O2S. The molecule has 0 aliphatic heterocycles. The van der Waals surface area contributed by atoms with Gasteiger partial charge in [-0.1, -0.05) is 60.5 Å². The molecule has 31 heavy (non-hydrogen) atoms. The fourth-order valence-electron chi connectivity index (χ4n) is 3.24. The number of nitrogens with one attached hydrogen (secondary N) is 1. The molecule has 7 heteroatoms. The first-order valence-electron chi connectivity index (χ1n) is 10.4. The van der Waals surface area contributed by atoms with Crippen LogP contribution in [0.25, 0.3) is 0 Å². The smallest absolute Gasteiger partial charge is 0.243 e. The zero-order chi connectivity index (χ0) is 23.0. The molecule has 1 atom stereocenters. The van der Waals surface area contributed by atoms with E-state index in [9.17, 15) is 9.59 Å². The SMILES string of the molecule is CC[C@H](C(=O)NC(C)C)N(Cc1ccc(Cl)c(Cl)c1)C(=O)CSCc1ccccc1C. The van der Waals surface area contributed by atoms with Crippen LogP contribution in [0.5, 0.6) is 0 Å². The maximum Gasteiger partial charge on any atom is 0.243 e. The molecule has 0 aromatic heterocycles. The van der Waals surface area contributed by atoms with Crippen molar-refractivity contribution in [1.82, 2.24) is 10.2 Å². The van der Waals surface area contributed by atoms with Crippen molar-refractivity contribution in [3.63, 3.8) is 0 Å². The Kier molecular flexibility index (Phi) is 10.2. The minimum Gasteiger partial charge on any atom is -0.352 e. The number of nitrogens with zero attached hydrogens (tertiary/aromatic N) is 1. The van der Waals surface area contributed by atoms with Crippen molar-refractivity contribution in [1.29, 1.82) is 0 Å². The number of aryl methyl sites for hydroxylation is 1. The van der Waals surface area contributed by atoms with Crippen molar-refractivity contribution in [2.75, 3.05) is 5.75 Å². The highest BCUT2D eigenvalue weighted by Crippen LogP contribution is 2.25. The monoisotopic (exact) mass is 480 g/mol. The van der Waals surface area contributed by atoms with Gasteiger partial charge in [0.1, 0.15) is 6.04 Å². The summed E-state index contributed by atoms with van der Waals surface area (Å²) in [5.74, 6) is 0.819. The molecule has 0 spiro atoms. The van der Waals surface area contributed by atoms with Crippen LogP contribution >= 0.6 is 35.0 Å². The third-order valence-electron chi connectivity index (χ3n) is 4.90. The maximum absolute atomic E-state index is 13.2. The van der Waals surface area contributed by atoms with Crippen LogP contribution in [0.4, 0.5) is 0 Å². The van der Waals surface area contributed by atoms with Crippen molar-refractivity contribution in [3.05, 3.63) is 69.2 Å². The van der Waals surface area contributed by atoms with Crippen molar-refractivity contribution in [3.8, 4) is 0 Å². The molecule has 2 amide bonds. The lowest BCUT2D eigenvalue weighted by molar-refractivity contribution is -0.139. The highest BCUT2D eigenvalue weighted by Gasteiger charge is 2.29. The summed E-state index contributed by atoms with van der Waals surface area (Å²) >= 11 is 13.8. The van der Waals surface area contributed by atoms with E-state index in [1.165, 1.54) is 11.1 Å². The Morgan fingerprint density at radius 2 is 1.81 bits per heavy atom. The highest BCUT2D eigenvalue weighted by molar-refractivity contribution is 7.99. The summed E-state index contributed by atoms with van der Waals surface area (Å²) < 4.78 is 0. The lowest BCUT2D eigenvalue weighted by Gasteiger charge is -2.31. The fraction of sp³-hybridized carbons (Fsp3) is 0.417. The number of amides is 2. The van der Waals surface area contributed by atoms with Crippen LogP contribution in [-0.2, 0) is 21.9 Å². The van der Waals surface area contributed by atoms with Crippen LogP contribution in [0.3, 0.4) is 0 Å². The quantitative estimate of drug-likeness (QED) is 0.462. The Morgan fingerprint density at radius 3 is 2.42 bits per heavy atom. The summed E-state index contributed by atoms with van der Waals surface area (Å²) in [6.07, 6.45) is 0.522. The number of halogens is 2. The second-order valence-electron chi connectivity index (χ2n) is 7.78. The van der Waals surface area contributed by atoms with Gasteiger partial charge in [-0.05, 0) is 56.0 Å². The van der Waals surface area contributed by atoms with Gasteiger partial charge in [0.15, 0.2) is 0 Å². The molecule has 0 radical (unpaired) electrons. The Morgan fingerprint density at radius 1 is 1.10 bits per heavy atom. The Hall–Kier alpha value is -1.69. The second kappa shape index (κ2) is 12.4. The average molecular weight is 481 g/mol. The van der Waals surface area contributed by atoms with E-state index in [1.807, 2.05) is 39.0 Å². The minimum atomic E-state index is -0.552. The predicted octanol–water partition coefficient (Wildman–Crippen LogP) is 5.87. The van der Waals surface area contributed by atoms with Gasteiger partial charge in [0.2, 0.25) is 11.8 Å². The average Bonchev–Trinajstić information content (AvgIpc) is 2.71. The molecule has 168 valence electrons. The van der Waals surface area contributed by atoms with Crippen molar-refractivity contribution >= 4 is 46.8 Å². The zero-order valence-electron chi connectivity index (χ0n) is 18.5. The van der Waals surface area contributed by atoms with Crippen LogP contribution in [0, 0.1) is 6.92 Å². The molecule has 0 aliphatic rings. The number of carbonyl (C=O) groups excluding carboxylic acids is 2. The minimum absolute atomic E-state index is 0.00101. The summed E-state index contributed by atoms with van der Waals surface area (Å²) in [7, 11) is 0. The molecule has 0 bridgehead atoms. The van der Waals surface area contributed by atoms with Gasteiger partial charge >= 0.3 is 0 Å². The third kappa shape index (κ3) is 7.74. The first kappa shape index (κ1) is 25.6. The van der Waals surface area contributed by atoms with Crippen molar-refractivity contribution in [2.45, 2.75) is 58.5 Å². The second-order valence-corrected chi connectivity index (χ2v) is 9.58. The largest absolute Gasteiger partial charge is 0.352 e. The molecule has 0 saturated heterocycles. The van der Waals surface area contributed by atoms with Gasteiger partial charge in [0, 0.05) is 18.3 Å². The highest BCUT2D eigenvalue weighted by atomic mass is 35.5. The first-order chi connectivity index (χ1) is 14.7. The summed E-state index contributed by atoms with van der Waals surface area (Å²) in [6, 6.07) is 12.9. The van der Waals surface area contributed by atoms with Crippen LogP contribution < -0.4 is 5.32 Å². The number of rotatable bonds is 10. The Balaban J connectivity index is 2.18. The molecule has 4 nitrogen and oxygen atoms in total. The summed E-state index contributed by atoms with van der Waals surface area (Å²) in [6.45, 7) is 8.10. The van der Waals surface area contributed by atoms with E-state index in [4.69, 9.17) is 23.2 Å². The standard InChI is InChI=1S/C24H30Cl2N2O2S/c1-5-22(24(30)27-16(2)3)28(13-18-10-11-20(25)21(26)12-18)23(29)15-31-14-19-9-7-6-8-17(19)4/h6-12,16,22H,5,13-15H2,1-4H3,(H,27,30)/t22-/m1/s1. The van der Waals surface area contributed by atoms with E-state index in [2.05, 4.69) is 24.4 Å². The lowest BCUT2D eigenvalue weighted by Crippen LogP contribution is -2.50. The normalized spacial score (nSPS) is 12.0. The lowest BCUT2D eigenvalue weighted by atomic mass is 10.1. The van der Waals surface area contributed by atoms with Gasteiger partial charge in [-0.15, -0.1) is 11.8 Å². The molecule has 2 aromatic carbocycles. The zero-order valence-corrected chi connectivity index (χ0v) is 20.8. The van der Waals surface area contributed by atoms with Crippen LogP contribution in [0.1, 0.15) is 43.9 Å². The third-order valence-corrected chi connectivity index (χ3v) is 6.60. The number of benzene rings is 2. The van der Waals surface area contributed by atoms with Crippen LogP contribution in [0.2, 0.25) is 10.0 Å². The van der Waals surface area contributed by atoms with Gasteiger partial charge in [-0.2, -0.15) is 0 Å². The first-order valence-corrected chi connectivity index (χ1v) is 12.3. The van der Waals surface area contributed by atoms with E-state index in [-0.39, 0.29) is 17.9 Å². The molecule has 0 aliphatic carbocycles. The van der Waals surface area contributed by atoms with Gasteiger partial charge in [-0.25, -0.2) is 0 Å². The molecule has 2 aromatic rings. The molecular weight excluding hydrogens is 451 g/mol. The number of thioether (sulfide) groups is 1. The van der Waals surface area contributed by atoms with E-state index < -0.39 is 6.04 Å². The Labute approximate surface area is 199 Å². The van der Waals surface area contributed by atoms with E-state index >= 15 is 0 Å². The maximum atomic E-state index is 13.2. The number of hydrogen-bond donors (Lipinski definition) is 1.